The van der Waals surface area contributed by atoms with E-state index in [4.69, 9.17) is 5.11 Å². The molecule has 1 atom stereocenters. The molecule has 0 radical (unpaired) electrons. The maximum Gasteiger partial charge on any atom is 0.320 e. The number of nitrogens with one attached hydrogen (secondary N) is 1. The molecular formula is C11H22N2O3. The number of carboxylic acid groups (broad SMARTS) is 1. The average molecular weight is 230 g/mol. The highest BCUT2D eigenvalue weighted by molar-refractivity contribution is 5.76. The van der Waals surface area contributed by atoms with Crippen LogP contribution in [0.25, 0.3) is 0 Å². The lowest BCUT2D eigenvalue weighted by Crippen LogP contribution is -2.40. The molecule has 0 fully saturated rings. The number of carbonyl (C=O) groups excluding carboxylic acids is 1. The van der Waals surface area contributed by atoms with Gasteiger partial charge in [-0.15, -0.1) is 0 Å². The highest BCUT2D eigenvalue weighted by Crippen LogP contribution is 2.08. The quantitative estimate of drug-likeness (QED) is 0.644. The van der Waals surface area contributed by atoms with Gasteiger partial charge in [0.2, 0.25) is 5.91 Å². The van der Waals surface area contributed by atoms with E-state index in [0.717, 1.165) is 12.8 Å². The van der Waals surface area contributed by atoms with Crippen molar-refractivity contribution in [2.75, 3.05) is 20.6 Å². The van der Waals surface area contributed by atoms with E-state index in [1.807, 2.05) is 6.92 Å². The summed E-state index contributed by atoms with van der Waals surface area (Å²) in [5.41, 5.74) is 0. The van der Waals surface area contributed by atoms with Gasteiger partial charge >= 0.3 is 5.97 Å². The SMILES string of the molecule is CCCCC(C(=O)O)N(C)CCC(=O)NC. The second kappa shape index (κ2) is 8.10. The number of carbonyl (C=O) groups is 2. The minimum atomic E-state index is -0.812. The van der Waals surface area contributed by atoms with Gasteiger partial charge < -0.3 is 10.4 Å². The molecule has 2 N–H and O–H groups in total. The number of likely N-dealkylation sites (N-methyl/N-ethyl adjacent to an activating group) is 1. The second-order valence-corrected chi connectivity index (χ2v) is 3.90. The number of hydrogen-bond donors (Lipinski definition) is 2. The van der Waals surface area contributed by atoms with Crippen molar-refractivity contribution in [2.24, 2.45) is 0 Å². The number of aliphatic carboxylic acids is 1. The summed E-state index contributed by atoms with van der Waals surface area (Å²) < 4.78 is 0. The molecule has 0 aromatic rings. The summed E-state index contributed by atoms with van der Waals surface area (Å²) in [5, 5.41) is 11.6. The molecule has 0 aliphatic rings. The lowest BCUT2D eigenvalue weighted by molar-refractivity contribution is -0.143. The van der Waals surface area contributed by atoms with Crippen molar-refractivity contribution in [1.82, 2.24) is 10.2 Å². The van der Waals surface area contributed by atoms with Crippen LogP contribution in [0.5, 0.6) is 0 Å². The third-order valence-electron chi connectivity index (χ3n) is 2.62. The summed E-state index contributed by atoms with van der Waals surface area (Å²) in [7, 11) is 3.32. The molecule has 0 spiro atoms. The van der Waals surface area contributed by atoms with E-state index in [1.165, 1.54) is 0 Å². The van der Waals surface area contributed by atoms with E-state index in [1.54, 1.807) is 19.0 Å². The molecular weight excluding hydrogens is 208 g/mol. The van der Waals surface area contributed by atoms with Gasteiger partial charge in [-0.3, -0.25) is 14.5 Å². The van der Waals surface area contributed by atoms with Crippen molar-refractivity contribution >= 4 is 11.9 Å². The van der Waals surface area contributed by atoms with Crippen molar-refractivity contribution in [2.45, 2.75) is 38.6 Å². The van der Waals surface area contributed by atoms with Crippen LogP contribution in [-0.4, -0.2) is 48.6 Å². The number of rotatable bonds is 8. The van der Waals surface area contributed by atoms with Crippen molar-refractivity contribution in [3.05, 3.63) is 0 Å². The Morgan fingerprint density at radius 2 is 2.06 bits per heavy atom. The molecule has 1 amide bonds. The Morgan fingerprint density at radius 3 is 2.50 bits per heavy atom. The van der Waals surface area contributed by atoms with Crippen LogP contribution in [0.1, 0.15) is 32.6 Å². The van der Waals surface area contributed by atoms with E-state index in [-0.39, 0.29) is 5.91 Å². The predicted molar refractivity (Wildman–Crippen MR) is 62.3 cm³/mol. The molecule has 0 aliphatic carbocycles. The van der Waals surface area contributed by atoms with Gasteiger partial charge in [0, 0.05) is 20.0 Å². The summed E-state index contributed by atoms with van der Waals surface area (Å²) in [6, 6.07) is -0.482. The Balaban J connectivity index is 4.11. The zero-order valence-corrected chi connectivity index (χ0v) is 10.3. The molecule has 5 nitrogen and oxygen atoms in total. The van der Waals surface area contributed by atoms with Gasteiger partial charge in [0.15, 0.2) is 0 Å². The molecule has 16 heavy (non-hydrogen) atoms. The lowest BCUT2D eigenvalue weighted by atomic mass is 10.1. The van der Waals surface area contributed by atoms with Crippen LogP contribution in [0.2, 0.25) is 0 Å². The van der Waals surface area contributed by atoms with Crippen LogP contribution < -0.4 is 5.32 Å². The van der Waals surface area contributed by atoms with Gasteiger partial charge in [-0.05, 0) is 13.5 Å². The zero-order valence-electron chi connectivity index (χ0n) is 10.3. The van der Waals surface area contributed by atoms with Gasteiger partial charge in [-0.25, -0.2) is 0 Å². The summed E-state index contributed by atoms with van der Waals surface area (Å²) in [4.78, 5) is 23.8. The standard InChI is InChI=1S/C11H22N2O3/c1-4-5-6-9(11(15)16)13(3)8-7-10(14)12-2/h9H,4-8H2,1-3H3,(H,12,14)(H,15,16). The van der Waals surface area contributed by atoms with Crippen molar-refractivity contribution in [3.8, 4) is 0 Å². The van der Waals surface area contributed by atoms with Gasteiger partial charge in [-0.1, -0.05) is 19.8 Å². The fourth-order valence-electron chi connectivity index (χ4n) is 1.49. The van der Waals surface area contributed by atoms with Gasteiger partial charge in [0.1, 0.15) is 6.04 Å². The van der Waals surface area contributed by atoms with Crippen LogP contribution in [0.4, 0.5) is 0 Å². The van der Waals surface area contributed by atoms with Crippen LogP contribution >= 0.6 is 0 Å². The molecule has 94 valence electrons. The topological polar surface area (TPSA) is 69.6 Å². The first-order valence-corrected chi connectivity index (χ1v) is 5.66. The molecule has 0 rings (SSSR count). The minimum Gasteiger partial charge on any atom is -0.480 e. The number of nitrogens with zero attached hydrogens (tertiary/aromatic N) is 1. The van der Waals surface area contributed by atoms with E-state index in [2.05, 4.69) is 5.32 Å². The zero-order chi connectivity index (χ0) is 12.6. The maximum atomic E-state index is 11.0. The highest BCUT2D eigenvalue weighted by atomic mass is 16.4. The predicted octanol–water partition coefficient (Wildman–Crippen LogP) is 0.698. The Kier molecular flexibility index (Phi) is 7.54. The summed E-state index contributed by atoms with van der Waals surface area (Å²) >= 11 is 0. The first-order valence-electron chi connectivity index (χ1n) is 5.66. The number of hydrogen-bond acceptors (Lipinski definition) is 3. The Morgan fingerprint density at radius 1 is 1.44 bits per heavy atom. The molecule has 0 saturated carbocycles. The first kappa shape index (κ1) is 14.9. The van der Waals surface area contributed by atoms with E-state index < -0.39 is 12.0 Å². The fourth-order valence-corrected chi connectivity index (χ4v) is 1.49. The third kappa shape index (κ3) is 5.70. The molecule has 0 heterocycles. The maximum absolute atomic E-state index is 11.0. The molecule has 0 aromatic carbocycles. The van der Waals surface area contributed by atoms with Crippen LogP contribution in [0.15, 0.2) is 0 Å². The van der Waals surface area contributed by atoms with E-state index in [9.17, 15) is 9.59 Å². The van der Waals surface area contributed by atoms with Crippen LogP contribution in [0, 0.1) is 0 Å². The molecule has 0 saturated heterocycles. The fraction of sp³-hybridized carbons (Fsp3) is 0.818. The number of carboxylic acids is 1. The summed E-state index contributed by atoms with van der Waals surface area (Å²) in [6.07, 6.45) is 2.84. The second-order valence-electron chi connectivity index (χ2n) is 3.90. The van der Waals surface area contributed by atoms with Crippen LogP contribution in [0.3, 0.4) is 0 Å². The Labute approximate surface area is 96.8 Å². The number of amides is 1. The molecule has 5 heteroatoms. The van der Waals surface area contributed by atoms with Crippen molar-refractivity contribution in [3.63, 3.8) is 0 Å². The molecule has 1 unspecified atom stereocenters. The summed E-state index contributed by atoms with van der Waals surface area (Å²) in [5.74, 6) is -0.876. The molecule has 0 aliphatic heterocycles. The summed E-state index contributed by atoms with van der Waals surface area (Å²) in [6.45, 7) is 2.50. The van der Waals surface area contributed by atoms with Gasteiger partial charge in [0.05, 0.1) is 0 Å². The van der Waals surface area contributed by atoms with Gasteiger partial charge in [-0.2, -0.15) is 0 Å². The van der Waals surface area contributed by atoms with Crippen LogP contribution in [-0.2, 0) is 9.59 Å². The smallest absolute Gasteiger partial charge is 0.320 e. The first-order chi connectivity index (χ1) is 7.52. The lowest BCUT2D eigenvalue weighted by Gasteiger charge is -2.24. The number of unbranched alkanes of at least 4 members (excludes halogenated alkanes) is 1. The Bertz CT molecular complexity index is 231. The van der Waals surface area contributed by atoms with E-state index in [0.29, 0.717) is 19.4 Å². The monoisotopic (exact) mass is 230 g/mol. The normalized spacial score (nSPS) is 12.5. The van der Waals surface area contributed by atoms with Crippen molar-refractivity contribution < 1.29 is 14.7 Å². The van der Waals surface area contributed by atoms with Crippen molar-refractivity contribution in [1.29, 1.82) is 0 Å². The Hall–Kier alpha value is -1.10. The minimum absolute atomic E-state index is 0.0634. The highest BCUT2D eigenvalue weighted by Gasteiger charge is 2.21. The van der Waals surface area contributed by atoms with Gasteiger partial charge in [0.25, 0.3) is 0 Å². The largest absolute Gasteiger partial charge is 0.480 e. The van der Waals surface area contributed by atoms with E-state index >= 15 is 0 Å². The molecule has 0 aromatic heterocycles. The average Bonchev–Trinajstić information content (AvgIpc) is 2.25. The molecule has 0 bridgehead atoms. The third-order valence-corrected chi connectivity index (χ3v) is 2.62.